The van der Waals surface area contributed by atoms with Crippen LogP contribution in [0.1, 0.15) is 27.6 Å². The number of fused-ring (bicyclic) bond motifs is 1. The Morgan fingerprint density at radius 2 is 2.17 bits per heavy atom. The van der Waals surface area contributed by atoms with Crippen molar-refractivity contribution in [3.8, 4) is 0 Å². The van der Waals surface area contributed by atoms with Crippen molar-refractivity contribution in [2.45, 2.75) is 19.6 Å². The van der Waals surface area contributed by atoms with Gasteiger partial charge in [0.05, 0.1) is 6.54 Å². The summed E-state index contributed by atoms with van der Waals surface area (Å²) in [5.41, 5.74) is -0.372. The standard InChI is InChI=1S/C12H9F3N6O2/c1-6-8(20-23-19-6)5-17-11(22)7-4-10-16-3-2-9(12(13,14)15)21(10)18-7/h2-4H,5H2,1H3,(H,17,22). The summed E-state index contributed by atoms with van der Waals surface area (Å²) >= 11 is 0. The second kappa shape index (κ2) is 5.34. The molecule has 23 heavy (non-hydrogen) atoms. The Kier molecular flexibility index (Phi) is 3.47. The number of hydrogen-bond donors (Lipinski definition) is 1. The van der Waals surface area contributed by atoms with Crippen LogP contribution in [0, 0.1) is 6.92 Å². The molecule has 0 aromatic carbocycles. The van der Waals surface area contributed by atoms with Crippen molar-refractivity contribution < 1.29 is 22.6 Å². The van der Waals surface area contributed by atoms with Crippen LogP contribution in [0.15, 0.2) is 23.0 Å². The van der Waals surface area contributed by atoms with Crippen LogP contribution in [-0.2, 0) is 12.7 Å². The summed E-state index contributed by atoms with van der Waals surface area (Å²) < 4.78 is 43.7. The lowest BCUT2D eigenvalue weighted by Crippen LogP contribution is -2.24. The Morgan fingerprint density at radius 3 is 2.83 bits per heavy atom. The summed E-state index contributed by atoms with van der Waals surface area (Å²) in [5.74, 6) is -0.661. The molecule has 11 heteroatoms. The minimum atomic E-state index is -4.61. The minimum Gasteiger partial charge on any atom is -0.345 e. The number of rotatable bonds is 3. The van der Waals surface area contributed by atoms with Gasteiger partial charge >= 0.3 is 6.18 Å². The lowest BCUT2D eigenvalue weighted by molar-refractivity contribution is -0.142. The Bertz CT molecular complexity index is 869. The third-order valence-electron chi connectivity index (χ3n) is 3.04. The van der Waals surface area contributed by atoms with Crippen molar-refractivity contribution in [3.05, 3.63) is 41.1 Å². The fourth-order valence-corrected chi connectivity index (χ4v) is 1.89. The molecule has 0 saturated heterocycles. The first-order valence-corrected chi connectivity index (χ1v) is 6.34. The van der Waals surface area contributed by atoms with Crippen LogP contribution >= 0.6 is 0 Å². The van der Waals surface area contributed by atoms with E-state index in [0.29, 0.717) is 15.9 Å². The molecule has 0 spiro atoms. The molecule has 1 N–H and O–H groups in total. The number of alkyl halides is 3. The van der Waals surface area contributed by atoms with Gasteiger partial charge in [-0.15, -0.1) is 0 Å². The van der Waals surface area contributed by atoms with Gasteiger partial charge in [-0.25, -0.2) is 14.1 Å². The molecule has 8 nitrogen and oxygen atoms in total. The van der Waals surface area contributed by atoms with Gasteiger partial charge in [-0.05, 0) is 13.0 Å². The number of aryl methyl sites for hydroxylation is 1. The zero-order valence-electron chi connectivity index (χ0n) is 11.6. The normalized spacial score (nSPS) is 11.8. The average Bonchev–Trinajstić information content (AvgIpc) is 3.09. The van der Waals surface area contributed by atoms with E-state index in [1.54, 1.807) is 6.92 Å². The van der Waals surface area contributed by atoms with E-state index >= 15 is 0 Å². The smallest absolute Gasteiger partial charge is 0.345 e. The molecule has 0 unspecified atom stereocenters. The molecule has 1 amide bonds. The number of nitrogens with one attached hydrogen (secondary N) is 1. The minimum absolute atomic E-state index is 0.0155. The third kappa shape index (κ3) is 2.84. The highest BCUT2D eigenvalue weighted by Crippen LogP contribution is 2.28. The first-order chi connectivity index (χ1) is 10.9. The van der Waals surface area contributed by atoms with Crippen molar-refractivity contribution in [2.75, 3.05) is 0 Å². The monoisotopic (exact) mass is 326 g/mol. The summed E-state index contributed by atoms with van der Waals surface area (Å²) in [7, 11) is 0. The molecule has 0 atom stereocenters. The van der Waals surface area contributed by atoms with E-state index in [1.165, 1.54) is 6.07 Å². The van der Waals surface area contributed by atoms with Gasteiger partial charge in [-0.1, -0.05) is 10.3 Å². The zero-order chi connectivity index (χ0) is 16.6. The lowest BCUT2D eigenvalue weighted by atomic mass is 10.3. The van der Waals surface area contributed by atoms with E-state index in [-0.39, 0.29) is 17.9 Å². The van der Waals surface area contributed by atoms with E-state index in [0.717, 1.165) is 12.3 Å². The molecule has 0 aliphatic rings. The largest absolute Gasteiger partial charge is 0.433 e. The van der Waals surface area contributed by atoms with E-state index in [2.05, 4.69) is 30.3 Å². The number of carbonyl (C=O) groups is 1. The molecule has 0 bridgehead atoms. The summed E-state index contributed by atoms with van der Waals surface area (Å²) in [6.07, 6.45) is -3.60. The van der Waals surface area contributed by atoms with E-state index in [9.17, 15) is 18.0 Å². The van der Waals surface area contributed by atoms with Crippen molar-refractivity contribution in [2.24, 2.45) is 0 Å². The van der Waals surface area contributed by atoms with Crippen molar-refractivity contribution in [1.82, 2.24) is 30.2 Å². The molecular formula is C12H9F3N6O2. The predicted octanol–water partition coefficient (Wildman–Crippen LogP) is 1.37. The van der Waals surface area contributed by atoms with Gasteiger partial charge in [0.15, 0.2) is 11.3 Å². The van der Waals surface area contributed by atoms with Crippen LogP contribution in [0.5, 0.6) is 0 Å². The van der Waals surface area contributed by atoms with Crippen LogP contribution in [0.3, 0.4) is 0 Å². The van der Waals surface area contributed by atoms with Gasteiger partial charge < -0.3 is 5.32 Å². The second-order valence-electron chi connectivity index (χ2n) is 4.61. The van der Waals surface area contributed by atoms with Gasteiger partial charge in [-0.3, -0.25) is 4.79 Å². The molecule has 0 radical (unpaired) electrons. The molecule has 3 heterocycles. The Labute approximate surface area is 126 Å². The molecule has 3 aromatic rings. The highest BCUT2D eigenvalue weighted by atomic mass is 19.4. The number of halogens is 3. The maximum Gasteiger partial charge on any atom is 0.433 e. The molecule has 120 valence electrons. The summed E-state index contributed by atoms with van der Waals surface area (Å²) in [6.45, 7) is 1.66. The topological polar surface area (TPSA) is 98.2 Å². The number of nitrogens with zero attached hydrogens (tertiary/aromatic N) is 5. The fraction of sp³-hybridized carbons (Fsp3) is 0.250. The molecule has 0 aliphatic heterocycles. The first kappa shape index (κ1) is 14.9. The summed E-state index contributed by atoms with van der Waals surface area (Å²) in [6, 6.07) is 1.95. The maximum atomic E-state index is 12.9. The van der Waals surface area contributed by atoms with Crippen molar-refractivity contribution >= 4 is 11.6 Å². The van der Waals surface area contributed by atoms with Crippen LogP contribution in [0.25, 0.3) is 5.65 Å². The Balaban J connectivity index is 1.86. The van der Waals surface area contributed by atoms with E-state index in [1.807, 2.05) is 0 Å². The quantitative estimate of drug-likeness (QED) is 0.780. The van der Waals surface area contributed by atoms with Gasteiger partial charge in [0.25, 0.3) is 5.91 Å². The summed E-state index contributed by atoms with van der Waals surface area (Å²) in [4.78, 5) is 15.8. The predicted molar refractivity (Wildman–Crippen MR) is 68.2 cm³/mol. The highest BCUT2D eigenvalue weighted by molar-refractivity contribution is 5.93. The van der Waals surface area contributed by atoms with Crippen LogP contribution < -0.4 is 5.32 Å². The first-order valence-electron chi connectivity index (χ1n) is 6.34. The molecule has 0 saturated carbocycles. The maximum absolute atomic E-state index is 12.9. The number of aromatic nitrogens is 5. The fourth-order valence-electron chi connectivity index (χ4n) is 1.89. The van der Waals surface area contributed by atoms with Gasteiger partial charge in [0.2, 0.25) is 0 Å². The van der Waals surface area contributed by atoms with E-state index in [4.69, 9.17) is 0 Å². The second-order valence-corrected chi connectivity index (χ2v) is 4.61. The lowest BCUT2D eigenvalue weighted by Gasteiger charge is -2.07. The van der Waals surface area contributed by atoms with Crippen LogP contribution in [0.2, 0.25) is 0 Å². The highest BCUT2D eigenvalue weighted by Gasteiger charge is 2.34. The molecule has 3 aromatic heterocycles. The molecular weight excluding hydrogens is 317 g/mol. The van der Waals surface area contributed by atoms with Gasteiger partial charge in [0, 0.05) is 12.3 Å². The van der Waals surface area contributed by atoms with E-state index < -0.39 is 17.8 Å². The van der Waals surface area contributed by atoms with Crippen molar-refractivity contribution in [3.63, 3.8) is 0 Å². The molecule has 0 aliphatic carbocycles. The van der Waals surface area contributed by atoms with Gasteiger partial charge in [-0.2, -0.15) is 18.3 Å². The zero-order valence-corrected chi connectivity index (χ0v) is 11.6. The van der Waals surface area contributed by atoms with Crippen LogP contribution in [-0.4, -0.2) is 30.8 Å². The van der Waals surface area contributed by atoms with Crippen LogP contribution in [0.4, 0.5) is 13.2 Å². The summed E-state index contributed by atoms with van der Waals surface area (Å²) in [5, 5.41) is 13.3. The van der Waals surface area contributed by atoms with Crippen molar-refractivity contribution in [1.29, 1.82) is 0 Å². The average molecular weight is 326 g/mol. The number of carbonyl (C=O) groups excluding carboxylic acids is 1. The molecule has 3 rings (SSSR count). The number of amides is 1. The third-order valence-corrected chi connectivity index (χ3v) is 3.04. The van der Waals surface area contributed by atoms with Gasteiger partial charge in [0.1, 0.15) is 17.1 Å². The molecule has 0 fully saturated rings. The number of hydrogen-bond acceptors (Lipinski definition) is 6. The Hall–Kier alpha value is -2.98. The Morgan fingerprint density at radius 1 is 1.39 bits per heavy atom. The SMILES string of the molecule is Cc1nonc1CNC(=O)c1cc2nccc(C(F)(F)F)n2n1.